The van der Waals surface area contributed by atoms with Gasteiger partial charge in [0.05, 0.1) is 6.61 Å². The van der Waals surface area contributed by atoms with Crippen LogP contribution in [0.25, 0.3) is 0 Å². The largest absolute Gasteiger partial charge is 0.469 e. The van der Waals surface area contributed by atoms with Crippen LogP contribution in [0.5, 0.6) is 0 Å². The molecule has 170 valence electrons. The topological polar surface area (TPSA) is 92.8 Å². The van der Waals surface area contributed by atoms with Gasteiger partial charge >= 0.3 is 7.82 Å². The van der Waals surface area contributed by atoms with Gasteiger partial charge in [0.15, 0.2) is 0 Å². The second-order valence-electron chi connectivity index (χ2n) is 7.90. The van der Waals surface area contributed by atoms with Crippen LogP contribution in [0.15, 0.2) is 0 Å². The first-order valence-electron chi connectivity index (χ1n) is 11.5. The zero-order chi connectivity index (χ0) is 20.9. The molecule has 0 fully saturated rings. The minimum Gasteiger partial charge on any atom is -0.330 e. The molecule has 7 heteroatoms. The lowest BCUT2D eigenvalue weighted by Crippen LogP contribution is -2.16. The molecule has 0 aromatic heterocycles. The fourth-order valence-corrected chi connectivity index (χ4v) is 4.88. The quantitative estimate of drug-likeness (QED) is 0.136. The highest BCUT2D eigenvalue weighted by Gasteiger charge is 2.17. The van der Waals surface area contributed by atoms with E-state index in [2.05, 4.69) is 11.4 Å². The molecule has 0 aromatic rings. The number of nitrogens with two attached hydrogens (primary N) is 1. The fraction of sp³-hybridized carbons (Fsp3) is 1.00. The maximum absolute atomic E-state index is 10.8. The number of hydrogen-bond donors (Lipinski definition) is 3. The Kier molecular flexibility index (Phi) is 21.0. The van der Waals surface area contributed by atoms with Gasteiger partial charge in [-0.05, 0) is 36.8 Å². The maximum atomic E-state index is 10.8. The van der Waals surface area contributed by atoms with Gasteiger partial charge in [0.25, 0.3) is 0 Å². The van der Waals surface area contributed by atoms with Gasteiger partial charge in [-0.25, -0.2) is 4.57 Å². The van der Waals surface area contributed by atoms with Crippen molar-refractivity contribution in [1.29, 1.82) is 0 Å². The van der Waals surface area contributed by atoms with E-state index < -0.39 is 7.82 Å². The zero-order valence-corrected chi connectivity index (χ0v) is 19.9. The SMILES string of the molecule is CCCCCCCCCCCCCCCCSCC(CCN)COP(=O)(O)O. The third-order valence-electron chi connectivity index (χ3n) is 5.05. The van der Waals surface area contributed by atoms with Crippen molar-refractivity contribution in [1.82, 2.24) is 0 Å². The number of unbranched alkanes of at least 4 members (excludes halogenated alkanes) is 13. The Morgan fingerprint density at radius 1 is 0.857 bits per heavy atom. The summed E-state index contributed by atoms with van der Waals surface area (Å²) in [5.41, 5.74) is 5.57. The third-order valence-corrected chi connectivity index (χ3v) is 6.82. The van der Waals surface area contributed by atoms with Crippen LogP contribution in [0.3, 0.4) is 0 Å². The van der Waals surface area contributed by atoms with Crippen molar-refractivity contribution < 1.29 is 18.9 Å². The summed E-state index contributed by atoms with van der Waals surface area (Å²) in [5.74, 6) is 2.08. The van der Waals surface area contributed by atoms with Crippen LogP contribution < -0.4 is 5.73 Å². The Morgan fingerprint density at radius 2 is 1.32 bits per heavy atom. The van der Waals surface area contributed by atoms with E-state index in [4.69, 9.17) is 15.5 Å². The summed E-state index contributed by atoms with van der Waals surface area (Å²) in [5, 5.41) is 0. The number of phosphoric acid groups is 1. The number of rotatable bonds is 22. The van der Waals surface area contributed by atoms with Gasteiger partial charge in [0.2, 0.25) is 0 Å². The Morgan fingerprint density at radius 3 is 1.75 bits per heavy atom. The summed E-state index contributed by atoms with van der Waals surface area (Å²) in [4.78, 5) is 17.6. The van der Waals surface area contributed by atoms with E-state index in [9.17, 15) is 4.57 Å². The molecule has 0 radical (unpaired) electrons. The molecule has 0 spiro atoms. The molecule has 0 saturated carbocycles. The molecule has 28 heavy (non-hydrogen) atoms. The normalized spacial score (nSPS) is 13.1. The molecule has 1 unspecified atom stereocenters. The minimum absolute atomic E-state index is 0.0905. The molecule has 0 aromatic carbocycles. The predicted octanol–water partition coefficient (Wildman–Crippen LogP) is 6.28. The monoisotopic (exact) mass is 439 g/mol. The van der Waals surface area contributed by atoms with E-state index in [0.717, 1.165) is 17.9 Å². The molecule has 4 N–H and O–H groups in total. The highest BCUT2D eigenvalue weighted by molar-refractivity contribution is 7.99. The van der Waals surface area contributed by atoms with E-state index in [-0.39, 0.29) is 12.5 Å². The Balaban J connectivity index is 3.34. The number of phosphoric ester groups is 1. The standard InChI is InChI=1S/C21H46NO4PS/c1-2-3-4-5-6-7-8-9-10-11-12-13-14-15-18-28-20-21(16-17-22)19-26-27(23,24)25/h21H,2-20,22H2,1H3,(H2,23,24,25). The number of hydrogen-bond acceptors (Lipinski definition) is 4. The van der Waals surface area contributed by atoms with Gasteiger partial charge in [-0.2, -0.15) is 11.8 Å². The van der Waals surface area contributed by atoms with E-state index in [1.165, 1.54) is 89.9 Å². The first-order chi connectivity index (χ1) is 13.5. The Hall–Kier alpha value is 0.420. The van der Waals surface area contributed by atoms with Crippen LogP contribution in [-0.2, 0) is 9.09 Å². The Bertz CT molecular complexity index is 368. The molecule has 0 bridgehead atoms. The molecular formula is C21H46NO4PS. The van der Waals surface area contributed by atoms with Crippen LogP contribution in [0.4, 0.5) is 0 Å². The molecule has 0 aliphatic carbocycles. The summed E-state index contributed by atoms with van der Waals surface area (Å²) in [7, 11) is -4.37. The van der Waals surface area contributed by atoms with Crippen molar-refractivity contribution in [3.05, 3.63) is 0 Å². The Labute approximate surface area is 178 Å². The second-order valence-corrected chi connectivity index (χ2v) is 10.3. The minimum atomic E-state index is -4.37. The van der Waals surface area contributed by atoms with E-state index >= 15 is 0 Å². The molecule has 0 rings (SSSR count). The molecule has 0 aliphatic heterocycles. The molecule has 0 heterocycles. The van der Waals surface area contributed by atoms with Crippen LogP contribution in [0.2, 0.25) is 0 Å². The lowest BCUT2D eigenvalue weighted by atomic mass is 10.0. The third kappa shape index (κ3) is 22.7. The summed E-state index contributed by atoms with van der Waals surface area (Å²) in [6, 6.07) is 0. The average Bonchev–Trinajstić information content (AvgIpc) is 2.65. The highest BCUT2D eigenvalue weighted by Crippen LogP contribution is 2.36. The lowest BCUT2D eigenvalue weighted by molar-refractivity contribution is 0.171. The first-order valence-corrected chi connectivity index (χ1v) is 14.2. The van der Waals surface area contributed by atoms with Crippen molar-refractivity contribution in [2.75, 3.05) is 24.7 Å². The van der Waals surface area contributed by atoms with Crippen molar-refractivity contribution in [3.63, 3.8) is 0 Å². The molecule has 5 nitrogen and oxygen atoms in total. The van der Waals surface area contributed by atoms with Gasteiger partial charge in [0.1, 0.15) is 0 Å². The molecular weight excluding hydrogens is 393 g/mol. The van der Waals surface area contributed by atoms with Gasteiger partial charge in [-0.3, -0.25) is 4.52 Å². The summed E-state index contributed by atoms with van der Waals surface area (Å²) in [6.07, 6.45) is 19.9. The van der Waals surface area contributed by atoms with Crippen LogP contribution >= 0.6 is 19.6 Å². The van der Waals surface area contributed by atoms with Crippen molar-refractivity contribution in [3.8, 4) is 0 Å². The van der Waals surface area contributed by atoms with Crippen LogP contribution in [-0.4, -0.2) is 34.4 Å². The van der Waals surface area contributed by atoms with Crippen LogP contribution in [0.1, 0.15) is 103 Å². The molecule has 0 saturated heterocycles. The fourth-order valence-electron chi connectivity index (χ4n) is 3.30. The van der Waals surface area contributed by atoms with Gasteiger partial charge in [0, 0.05) is 0 Å². The molecule has 0 aliphatic rings. The van der Waals surface area contributed by atoms with Crippen LogP contribution in [0, 0.1) is 5.92 Å². The summed E-state index contributed by atoms with van der Waals surface area (Å²) >= 11 is 1.85. The van der Waals surface area contributed by atoms with Crippen molar-refractivity contribution in [2.24, 2.45) is 11.7 Å². The van der Waals surface area contributed by atoms with E-state index in [1.54, 1.807) is 0 Å². The summed E-state index contributed by atoms with van der Waals surface area (Å²) < 4.78 is 15.4. The number of thioether (sulfide) groups is 1. The van der Waals surface area contributed by atoms with E-state index in [1.807, 2.05) is 11.8 Å². The predicted molar refractivity (Wildman–Crippen MR) is 123 cm³/mol. The van der Waals surface area contributed by atoms with Crippen molar-refractivity contribution >= 4 is 19.6 Å². The first kappa shape index (κ1) is 28.4. The van der Waals surface area contributed by atoms with E-state index in [0.29, 0.717) is 6.54 Å². The second kappa shape index (κ2) is 20.7. The molecule has 0 amide bonds. The lowest BCUT2D eigenvalue weighted by Gasteiger charge is -2.16. The smallest absolute Gasteiger partial charge is 0.330 e. The molecule has 1 atom stereocenters. The maximum Gasteiger partial charge on any atom is 0.469 e. The van der Waals surface area contributed by atoms with Gasteiger partial charge in [-0.1, -0.05) is 90.4 Å². The van der Waals surface area contributed by atoms with Gasteiger partial charge in [-0.15, -0.1) is 0 Å². The summed E-state index contributed by atoms with van der Waals surface area (Å²) in [6.45, 7) is 2.88. The van der Waals surface area contributed by atoms with Crippen molar-refractivity contribution in [2.45, 2.75) is 103 Å². The van der Waals surface area contributed by atoms with Gasteiger partial charge < -0.3 is 15.5 Å². The zero-order valence-electron chi connectivity index (χ0n) is 18.2. The average molecular weight is 440 g/mol. The highest BCUT2D eigenvalue weighted by atomic mass is 32.2.